The summed E-state index contributed by atoms with van der Waals surface area (Å²) >= 11 is 0. The summed E-state index contributed by atoms with van der Waals surface area (Å²) in [5.41, 5.74) is 3.14. The van der Waals surface area contributed by atoms with Gasteiger partial charge in [-0.05, 0) is 39.4 Å². The van der Waals surface area contributed by atoms with Crippen molar-refractivity contribution in [3.63, 3.8) is 0 Å². The number of nitrogens with one attached hydrogen (secondary N) is 1. The molecule has 5 aromatic rings. The minimum atomic E-state index is 0. The quantitative estimate of drug-likeness (QED) is 0.333. The van der Waals surface area contributed by atoms with Gasteiger partial charge >= 0.3 is 10.1 Å². The molecule has 0 saturated heterocycles. The number of hydrogen-bond acceptors (Lipinski definition) is 1. The molecule has 1 aromatic heterocycles. The van der Waals surface area contributed by atoms with Gasteiger partial charge in [0.1, 0.15) is 0 Å². The van der Waals surface area contributed by atoms with Crippen molar-refractivity contribution in [1.29, 1.82) is 0 Å². The van der Waals surface area contributed by atoms with Gasteiger partial charge in [0.2, 0.25) is 5.52 Å². The molecule has 0 saturated carbocycles. The third-order valence-electron chi connectivity index (χ3n) is 4.86. The molecule has 3 heteroatoms. The van der Waals surface area contributed by atoms with Gasteiger partial charge in [-0.2, -0.15) is 0 Å². The van der Waals surface area contributed by atoms with Crippen LogP contribution in [0.5, 0.6) is 5.75 Å². The van der Waals surface area contributed by atoms with Crippen molar-refractivity contribution < 1.29 is 10.1 Å². The van der Waals surface area contributed by atoms with Crippen LogP contribution in [-0.4, -0.2) is 10.1 Å². The van der Waals surface area contributed by atoms with E-state index in [2.05, 4.69) is 53.5 Å². The fourth-order valence-electron chi connectivity index (χ4n) is 3.70. The second kappa shape index (κ2) is 6.25. The third-order valence-corrected chi connectivity index (χ3v) is 4.86. The van der Waals surface area contributed by atoms with Crippen LogP contribution in [0.1, 0.15) is 0 Å². The molecule has 0 amide bonds. The molecule has 26 heavy (non-hydrogen) atoms. The number of benzene rings is 4. The summed E-state index contributed by atoms with van der Waals surface area (Å²) in [5, 5.41) is 17.8. The van der Waals surface area contributed by atoms with E-state index in [1.54, 1.807) is 6.07 Å². The van der Waals surface area contributed by atoms with Gasteiger partial charge in [0.05, 0.1) is 0 Å². The summed E-state index contributed by atoms with van der Waals surface area (Å²) in [4.78, 5) is 3.25. The van der Waals surface area contributed by atoms with Crippen LogP contribution in [0.2, 0.25) is 0 Å². The minimum absolute atomic E-state index is 0. The van der Waals surface area contributed by atoms with Crippen LogP contribution < -0.4 is 10.1 Å². The second-order valence-corrected chi connectivity index (χ2v) is 6.26. The Balaban J connectivity index is 0.00000168. The van der Waals surface area contributed by atoms with Crippen molar-refractivity contribution in [3.05, 3.63) is 85.1 Å². The Labute approximate surface area is 155 Å². The fraction of sp³-hybridized carbons (Fsp3) is 0. The standard InChI is InChI=1S/C23H15NO.Be/c25-21-13-12-19(18-9-3-6-15-5-1-2-8-17(15)18)20-11-10-16-7-4-14-24-23(16)22(20)21;/h1-14,25H;/q;+2. The summed E-state index contributed by atoms with van der Waals surface area (Å²) in [6, 6.07) is 26.4. The van der Waals surface area contributed by atoms with Crippen LogP contribution in [0.15, 0.2) is 85.1 Å². The Morgan fingerprint density at radius 3 is 2.31 bits per heavy atom. The van der Waals surface area contributed by atoms with Crippen LogP contribution in [0.3, 0.4) is 0 Å². The van der Waals surface area contributed by atoms with E-state index < -0.39 is 0 Å². The molecule has 0 bridgehead atoms. The molecule has 0 aliphatic carbocycles. The second-order valence-electron chi connectivity index (χ2n) is 6.26. The Morgan fingerprint density at radius 2 is 1.38 bits per heavy atom. The van der Waals surface area contributed by atoms with Crippen molar-refractivity contribution >= 4 is 42.6 Å². The van der Waals surface area contributed by atoms with Crippen LogP contribution in [0, 0.1) is 0 Å². The maximum atomic E-state index is 12.6. The molecule has 1 heterocycles. The molecular weight excluding hydrogens is 315 g/mol. The van der Waals surface area contributed by atoms with Gasteiger partial charge in [0.15, 0.2) is 6.20 Å². The average molecular weight is 330 g/mol. The zero-order chi connectivity index (χ0) is 16.8. The maximum absolute atomic E-state index is 12.6. The summed E-state index contributed by atoms with van der Waals surface area (Å²) < 4.78 is 0. The molecular formula is C23H15BeNO+2. The molecule has 0 aliphatic rings. The van der Waals surface area contributed by atoms with E-state index in [1.165, 1.54) is 10.8 Å². The van der Waals surface area contributed by atoms with E-state index in [9.17, 15) is 5.11 Å². The molecule has 0 atom stereocenters. The number of rotatable bonds is 1. The number of pyridine rings is 1. The van der Waals surface area contributed by atoms with Gasteiger partial charge in [-0.25, -0.2) is 4.98 Å². The van der Waals surface area contributed by atoms with Crippen LogP contribution >= 0.6 is 0 Å². The molecule has 2 nitrogen and oxygen atoms in total. The minimum Gasteiger partial charge on any atom is -0.872 e. The predicted octanol–water partition coefficient (Wildman–Crippen LogP) is 4.32. The van der Waals surface area contributed by atoms with Crippen molar-refractivity contribution in [3.8, 4) is 16.9 Å². The normalized spacial score (nSPS) is 10.9. The molecule has 0 spiro atoms. The molecule has 1 N–H and O–H groups in total. The van der Waals surface area contributed by atoms with Crippen molar-refractivity contribution in [2.75, 3.05) is 0 Å². The number of H-pyrrole nitrogens is 1. The average Bonchev–Trinajstić information content (AvgIpc) is 2.68. The number of aromatic nitrogens is 1. The van der Waals surface area contributed by atoms with E-state index in [4.69, 9.17) is 0 Å². The van der Waals surface area contributed by atoms with Crippen LogP contribution in [-0.2, 0) is 0 Å². The molecule has 5 rings (SSSR count). The summed E-state index contributed by atoms with van der Waals surface area (Å²) in [5.74, 6) is 0.0482. The zero-order valence-corrected chi connectivity index (χ0v) is 14.2. The topological polar surface area (TPSA) is 37.2 Å². The van der Waals surface area contributed by atoms with E-state index in [1.807, 2.05) is 30.5 Å². The molecule has 0 radical (unpaired) electrons. The number of aromatic amines is 1. The van der Waals surface area contributed by atoms with Crippen molar-refractivity contribution in [1.82, 2.24) is 0 Å². The molecule has 0 aliphatic heterocycles. The molecule has 0 fully saturated rings. The monoisotopic (exact) mass is 330 g/mol. The first kappa shape index (κ1) is 16.3. The molecule has 4 aromatic carbocycles. The van der Waals surface area contributed by atoms with E-state index >= 15 is 0 Å². The van der Waals surface area contributed by atoms with E-state index in [-0.39, 0.29) is 15.9 Å². The predicted molar refractivity (Wildman–Crippen MR) is 106 cm³/mol. The van der Waals surface area contributed by atoms with Gasteiger partial charge in [0, 0.05) is 16.8 Å². The van der Waals surface area contributed by atoms with Crippen molar-refractivity contribution in [2.45, 2.75) is 0 Å². The summed E-state index contributed by atoms with van der Waals surface area (Å²) in [6.07, 6.45) is 1.87. The van der Waals surface area contributed by atoms with E-state index in [0.29, 0.717) is 0 Å². The Kier molecular flexibility index (Phi) is 3.91. The summed E-state index contributed by atoms with van der Waals surface area (Å²) in [7, 11) is 0. The summed E-state index contributed by atoms with van der Waals surface area (Å²) in [6.45, 7) is 0. The Bertz CT molecular complexity index is 1260. The fourth-order valence-corrected chi connectivity index (χ4v) is 3.70. The first-order valence-electron chi connectivity index (χ1n) is 8.34. The van der Waals surface area contributed by atoms with Gasteiger partial charge in [-0.3, -0.25) is 0 Å². The van der Waals surface area contributed by atoms with Crippen LogP contribution in [0.25, 0.3) is 43.6 Å². The van der Waals surface area contributed by atoms with Gasteiger partial charge in [0.25, 0.3) is 0 Å². The Morgan fingerprint density at radius 1 is 0.615 bits per heavy atom. The molecule has 0 unspecified atom stereocenters. The molecule has 118 valence electrons. The smallest absolute Gasteiger partial charge is 0.872 e. The zero-order valence-electron chi connectivity index (χ0n) is 14.2. The first-order valence-corrected chi connectivity index (χ1v) is 8.34. The largest absolute Gasteiger partial charge is 2.00 e. The SMILES string of the molecule is [Be+2].[O-]c1ccc(-c2cccc3ccccc23)c2ccc3ccc[nH+]c3c12. The number of fused-ring (bicyclic) bond motifs is 4. The first-order chi connectivity index (χ1) is 12.3. The Hall–Kier alpha value is -3.22. The van der Waals surface area contributed by atoms with Crippen molar-refractivity contribution in [2.24, 2.45) is 0 Å². The van der Waals surface area contributed by atoms with Gasteiger partial charge in [-0.15, -0.1) is 0 Å². The number of hydrogen-bond donors (Lipinski definition) is 0. The third kappa shape index (κ3) is 2.35. The van der Waals surface area contributed by atoms with Gasteiger partial charge < -0.3 is 5.11 Å². The van der Waals surface area contributed by atoms with E-state index in [0.717, 1.165) is 32.8 Å². The maximum Gasteiger partial charge on any atom is 2.00 e. The van der Waals surface area contributed by atoms with Crippen LogP contribution in [0.4, 0.5) is 0 Å². The van der Waals surface area contributed by atoms with Gasteiger partial charge in [-0.1, -0.05) is 66.4 Å².